The number of para-hydroxylation sites is 1. The minimum atomic E-state index is -1.22. The number of amides is 3. The number of urea groups is 1. The predicted molar refractivity (Wildman–Crippen MR) is 107 cm³/mol. The molecule has 8 heteroatoms. The first kappa shape index (κ1) is 20.7. The second kappa shape index (κ2) is 8.53. The van der Waals surface area contributed by atoms with Crippen LogP contribution in [-0.2, 0) is 19.9 Å². The van der Waals surface area contributed by atoms with Crippen LogP contribution in [0, 0.1) is 6.92 Å². The van der Waals surface area contributed by atoms with E-state index in [1.54, 1.807) is 43.3 Å². The van der Waals surface area contributed by atoms with E-state index in [1.165, 1.54) is 0 Å². The monoisotopic (exact) mass is 416 g/mol. The van der Waals surface area contributed by atoms with Crippen molar-refractivity contribution in [3.63, 3.8) is 0 Å². The summed E-state index contributed by atoms with van der Waals surface area (Å²) in [5.74, 6) is -0.729. The standard InChI is InChI=1S/C21H21ClN2O5/c1-14-7-9-15(10-8-14)21(2)19(26)24(20(27)23-21)13-18(25)29-12-11-28-17-6-4-3-5-16(17)22/h3-10H,11-13H2,1-2H3,(H,23,27)/t21-/m0/s1. The van der Waals surface area contributed by atoms with Gasteiger partial charge in [-0.05, 0) is 31.5 Å². The molecule has 0 unspecified atom stereocenters. The van der Waals surface area contributed by atoms with Crippen LogP contribution < -0.4 is 10.1 Å². The van der Waals surface area contributed by atoms with Gasteiger partial charge in [0.15, 0.2) is 0 Å². The van der Waals surface area contributed by atoms with E-state index in [0.717, 1.165) is 10.5 Å². The number of carbonyl (C=O) groups is 3. The Bertz CT molecular complexity index is 931. The van der Waals surface area contributed by atoms with E-state index < -0.39 is 30.0 Å². The van der Waals surface area contributed by atoms with Crippen molar-refractivity contribution in [2.24, 2.45) is 0 Å². The third kappa shape index (κ3) is 4.51. The number of nitrogens with one attached hydrogen (secondary N) is 1. The molecule has 1 N–H and O–H groups in total. The average molecular weight is 417 g/mol. The number of imide groups is 1. The molecule has 0 aromatic heterocycles. The van der Waals surface area contributed by atoms with Gasteiger partial charge in [-0.15, -0.1) is 0 Å². The molecule has 152 valence electrons. The Morgan fingerprint density at radius 2 is 1.79 bits per heavy atom. The number of hydrogen-bond donors (Lipinski definition) is 1. The SMILES string of the molecule is Cc1ccc([C@]2(C)NC(=O)N(CC(=O)OCCOc3ccccc3Cl)C2=O)cc1. The smallest absolute Gasteiger partial charge is 0.326 e. The van der Waals surface area contributed by atoms with Crippen LogP contribution in [0.25, 0.3) is 0 Å². The van der Waals surface area contributed by atoms with Crippen LogP contribution in [0.5, 0.6) is 5.75 Å². The molecule has 0 saturated carbocycles. The summed E-state index contributed by atoms with van der Waals surface area (Å²) in [5, 5.41) is 3.11. The van der Waals surface area contributed by atoms with Crippen molar-refractivity contribution in [1.82, 2.24) is 10.2 Å². The van der Waals surface area contributed by atoms with E-state index in [1.807, 2.05) is 19.1 Å². The van der Waals surface area contributed by atoms with Crippen molar-refractivity contribution in [1.29, 1.82) is 0 Å². The summed E-state index contributed by atoms with van der Waals surface area (Å²) in [6, 6.07) is 13.6. The van der Waals surface area contributed by atoms with Crippen LogP contribution in [0.3, 0.4) is 0 Å². The highest BCUT2D eigenvalue weighted by Gasteiger charge is 2.49. The molecule has 0 bridgehead atoms. The molecule has 0 radical (unpaired) electrons. The van der Waals surface area contributed by atoms with Gasteiger partial charge in [-0.1, -0.05) is 53.6 Å². The fourth-order valence-electron chi connectivity index (χ4n) is 2.97. The Morgan fingerprint density at radius 3 is 2.48 bits per heavy atom. The highest BCUT2D eigenvalue weighted by atomic mass is 35.5. The third-order valence-electron chi connectivity index (χ3n) is 4.63. The summed E-state index contributed by atoms with van der Waals surface area (Å²) in [6.45, 7) is 3.12. The molecule has 1 saturated heterocycles. The van der Waals surface area contributed by atoms with Crippen LogP contribution in [-0.4, -0.2) is 42.6 Å². The molecule has 1 aliphatic heterocycles. The van der Waals surface area contributed by atoms with Crippen molar-refractivity contribution in [3.8, 4) is 5.75 Å². The predicted octanol–water partition coefficient (Wildman–Crippen LogP) is 3.04. The minimum absolute atomic E-state index is 0.0388. The van der Waals surface area contributed by atoms with Gasteiger partial charge in [0.05, 0.1) is 5.02 Å². The van der Waals surface area contributed by atoms with E-state index in [9.17, 15) is 14.4 Å². The zero-order chi connectivity index (χ0) is 21.0. The molecule has 7 nitrogen and oxygen atoms in total. The molecule has 3 rings (SSSR count). The van der Waals surface area contributed by atoms with Crippen LogP contribution in [0.4, 0.5) is 4.79 Å². The first-order chi connectivity index (χ1) is 13.8. The quantitative estimate of drug-likeness (QED) is 0.426. The lowest BCUT2D eigenvalue weighted by atomic mass is 9.91. The maximum absolute atomic E-state index is 12.8. The molecule has 29 heavy (non-hydrogen) atoms. The molecule has 2 aromatic rings. The third-order valence-corrected chi connectivity index (χ3v) is 4.94. The van der Waals surface area contributed by atoms with Crippen molar-refractivity contribution >= 4 is 29.5 Å². The molecular weight excluding hydrogens is 396 g/mol. The van der Waals surface area contributed by atoms with Crippen molar-refractivity contribution in [2.45, 2.75) is 19.4 Å². The molecule has 3 amide bonds. The zero-order valence-corrected chi connectivity index (χ0v) is 16.9. The highest BCUT2D eigenvalue weighted by Crippen LogP contribution is 2.29. The number of benzene rings is 2. The maximum atomic E-state index is 12.8. The second-order valence-corrected chi connectivity index (χ2v) is 7.22. The molecule has 0 spiro atoms. The van der Waals surface area contributed by atoms with Crippen LogP contribution in [0.1, 0.15) is 18.1 Å². The lowest BCUT2D eigenvalue weighted by Gasteiger charge is -2.22. The lowest BCUT2D eigenvalue weighted by molar-refractivity contribution is -0.148. The number of ether oxygens (including phenoxy) is 2. The molecule has 1 atom stereocenters. The number of aryl methyl sites for hydroxylation is 1. The van der Waals surface area contributed by atoms with Gasteiger partial charge >= 0.3 is 12.0 Å². The molecule has 2 aromatic carbocycles. The van der Waals surface area contributed by atoms with Gasteiger partial charge in [-0.25, -0.2) is 4.79 Å². The van der Waals surface area contributed by atoms with Gasteiger partial charge in [-0.3, -0.25) is 14.5 Å². The van der Waals surface area contributed by atoms with Gasteiger partial charge < -0.3 is 14.8 Å². The number of esters is 1. The fourth-order valence-corrected chi connectivity index (χ4v) is 3.16. The molecular formula is C21H21ClN2O5. The summed E-state index contributed by atoms with van der Waals surface area (Å²) >= 11 is 5.98. The number of carbonyl (C=O) groups excluding carboxylic acids is 3. The van der Waals surface area contributed by atoms with Crippen LogP contribution >= 0.6 is 11.6 Å². The Morgan fingerprint density at radius 1 is 1.10 bits per heavy atom. The summed E-state index contributed by atoms with van der Waals surface area (Å²) in [4.78, 5) is 38.0. The number of hydrogen-bond acceptors (Lipinski definition) is 5. The fraction of sp³-hybridized carbons (Fsp3) is 0.286. The van der Waals surface area contributed by atoms with Crippen LogP contribution in [0.15, 0.2) is 48.5 Å². The van der Waals surface area contributed by atoms with E-state index in [-0.39, 0.29) is 13.2 Å². The number of halogens is 1. The molecule has 0 aliphatic carbocycles. The molecule has 1 fully saturated rings. The normalized spacial score (nSPS) is 18.5. The second-order valence-electron chi connectivity index (χ2n) is 6.81. The van der Waals surface area contributed by atoms with Gasteiger partial charge in [0, 0.05) is 0 Å². The summed E-state index contributed by atoms with van der Waals surface area (Å²) < 4.78 is 10.5. The average Bonchev–Trinajstić information content (AvgIpc) is 2.91. The van der Waals surface area contributed by atoms with Crippen LogP contribution in [0.2, 0.25) is 5.02 Å². The number of nitrogens with zero attached hydrogens (tertiary/aromatic N) is 1. The first-order valence-corrected chi connectivity index (χ1v) is 9.43. The Balaban J connectivity index is 1.53. The highest BCUT2D eigenvalue weighted by molar-refractivity contribution is 6.32. The minimum Gasteiger partial charge on any atom is -0.488 e. The Hall–Kier alpha value is -3.06. The topological polar surface area (TPSA) is 84.9 Å². The van der Waals surface area contributed by atoms with Gasteiger partial charge in [0.25, 0.3) is 5.91 Å². The van der Waals surface area contributed by atoms with E-state index in [0.29, 0.717) is 16.3 Å². The lowest BCUT2D eigenvalue weighted by Crippen LogP contribution is -2.41. The summed E-state index contributed by atoms with van der Waals surface area (Å²) in [5.41, 5.74) is 0.456. The number of rotatable bonds is 7. The first-order valence-electron chi connectivity index (χ1n) is 9.05. The van der Waals surface area contributed by atoms with E-state index >= 15 is 0 Å². The van der Waals surface area contributed by atoms with Crippen molar-refractivity contribution in [3.05, 3.63) is 64.7 Å². The van der Waals surface area contributed by atoms with E-state index in [2.05, 4.69) is 5.32 Å². The van der Waals surface area contributed by atoms with Crippen molar-refractivity contribution in [2.75, 3.05) is 19.8 Å². The zero-order valence-electron chi connectivity index (χ0n) is 16.1. The summed E-state index contributed by atoms with van der Waals surface area (Å²) in [7, 11) is 0. The summed E-state index contributed by atoms with van der Waals surface area (Å²) in [6.07, 6.45) is 0. The molecule has 1 aliphatic rings. The largest absolute Gasteiger partial charge is 0.488 e. The van der Waals surface area contributed by atoms with Gasteiger partial charge in [0.2, 0.25) is 0 Å². The molecule has 1 heterocycles. The van der Waals surface area contributed by atoms with Crippen molar-refractivity contribution < 1.29 is 23.9 Å². The van der Waals surface area contributed by atoms with E-state index in [4.69, 9.17) is 21.1 Å². The van der Waals surface area contributed by atoms with Gasteiger partial charge in [-0.2, -0.15) is 0 Å². The van der Waals surface area contributed by atoms with Gasteiger partial charge in [0.1, 0.15) is 31.0 Å². The Labute approximate surface area is 173 Å². The maximum Gasteiger partial charge on any atom is 0.326 e. The Kier molecular flexibility index (Phi) is 6.08.